The van der Waals surface area contributed by atoms with Crippen molar-refractivity contribution < 1.29 is 13.6 Å². The van der Waals surface area contributed by atoms with Crippen LogP contribution in [0.15, 0.2) is 38.7 Å². The van der Waals surface area contributed by atoms with Crippen molar-refractivity contribution in [3.8, 4) is 0 Å². The van der Waals surface area contributed by atoms with Gasteiger partial charge >= 0.3 is 0 Å². The van der Waals surface area contributed by atoms with E-state index in [0.717, 1.165) is 16.2 Å². The van der Waals surface area contributed by atoms with Crippen LogP contribution in [0.4, 0.5) is 4.39 Å². The first-order chi connectivity index (χ1) is 10.5. The summed E-state index contributed by atoms with van der Waals surface area (Å²) in [7, 11) is 0. The average molecular weight is 318 g/mol. The van der Waals surface area contributed by atoms with Crippen molar-refractivity contribution in [1.82, 2.24) is 5.43 Å². The van der Waals surface area contributed by atoms with E-state index in [-0.39, 0.29) is 11.7 Å². The lowest BCUT2D eigenvalue weighted by Gasteiger charge is -2.17. The number of nitrogens with zero attached hydrogens (tertiary/aromatic N) is 1. The number of fused-ring (bicyclic) bond motifs is 1. The molecule has 4 nitrogen and oxygen atoms in total. The number of rotatable bonds is 2. The second-order valence-corrected chi connectivity index (χ2v) is 6.20. The molecule has 0 atom stereocenters. The topological polar surface area (TPSA) is 54.6 Å². The van der Waals surface area contributed by atoms with Crippen LogP contribution >= 0.6 is 11.8 Å². The van der Waals surface area contributed by atoms with Gasteiger partial charge in [0.2, 0.25) is 0 Å². The second kappa shape index (κ2) is 5.96. The standard InChI is InChI=1S/C16H15FN2O2S/c1-9-7-12(10(2)21-9)16(20)19-18-14-5-6-22-15-4-3-11(17)8-13(14)15/h3-4,7-8H,5-6H2,1-2H3,(H,19,20)/b18-14+. The number of amides is 1. The van der Waals surface area contributed by atoms with E-state index in [9.17, 15) is 9.18 Å². The quantitative estimate of drug-likeness (QED) is 0.860. The second-order valence-electron chi connectivity index (χ2n) is 5.07. The van der Waals surface area contributed by atoms with E-state index in [4.69, 9.17) is 4.42 Å². The van der Waals surface area contributed by atoms with E-state index in [0.29, 0.717) is 29.2 Å². The summed E-state index contributed by atoms with van der Waals surface area (Å²) in [6.45, 7) is 3.52. The van der Waals surface area contributed by atoms with Crippen molar-refractivity contribution >= 4 is 23.4 Å². The highest BCUT2D eigenvalue weighted by Gasteiger charge is 2.18. The van der Waals surface area contributed by atoms with Crippen LogP contribution in [0.25, 0.3) is 0 Å². The minimum atomic E-state index is -0.321. The SMILES string of the molecule is Cc1cc(C(=O)N/N=C2\CCSc3ccc(F)cc32)c(C)o1. The lowest BCUT2D eigenvalue weighted by atomic mass is 10.1. The molecule has 1 aliphatic rings. The maximum Gasteiger partial charge on any atom is 0.274 e. The van der Waals surface area contributed by atoms with E-state index in [1.165, 1.54) is 12.1 Å². The van der Waals surface area contributed by atoms with E-state index < -0.39 is 0 Å². The van der Waals surface area contributed by atoms with Crippen molar-refractivity contribution in [2.45, 2.75) is 25.2 Å². The van der Waals surface area contributed by atoms with Gasteiger partial charge < -0.3 is 4.42 Å². The van der Waals surface area contributed by atoms with Crippen molar-refractivity contribution in [3.05, 3.63) is 52.7 Å². The molecule has 2 heterocycles. The fourth-order valence-electron chi connectivity index (χ4n) is 2.40. The Labute approximate surface area is 131 Å². The molecule has 22 heavy (non-hydrogen) atoms. The minimum Gasteiger partial charge on any atom is -0.466 e. The molecule has 0 spiro atoms. The molecule has 0 fully saturated rings. The fraction of sp³-hybridized carbons (Fsp3) is 0.250. The Morgan fingerprint density at radius 2 is 2.18 bits per heavy atom. The highest BCUT2D eigenvalue weighted by molar-refractivity contribution is 7.99. The molecule has 0 aliphatic carbocycles. The zero-order valence-corrected chi connectivity index (χ0v) is 13.1. The number of hydrogen-bond acceptors (Lipinski definition) is 4. The highest BCUT2D eigenvalue weighted by atomic mass is 32.2. The van der Waals surface area contributed by atoms with Gasteiger partial charge in [-0.05, 0) is 38.1 Å². The summed E-state index contributed by atoms with van der Waals surface area (Å²) in [6.07, 6.45) is 0.685. The van der Waals surface area contributed by atoms with E-state index in [1.54, 1.807) is 37.7 Å². The van der Waals surface area contributed by atoms with Crippen LogP contribution in [-0.4, -0.2) is 17.4 Å². The van der Waals surface area contributed by atoms with Gasteiger partial charge in [0.15, 0.2) is 0 Å². The molecule has 1 aromatic heterocycles. The summed E-state index contributed by atoms with van der Waals surface area (Å²) in [5, 5.41) is 4.19. The summed E-state index contributed by atoms with van der Waals surface area (Å²) in [5.41, 5.74) is 4.45. The Hall–Kier alpha value is -2.08. The molecule has 3 rings (SSSR count). The number of nitrogens with one attached hydrogen (secondary N) is 1. The van der Waals surface area contributed by atoms with Gasteiger partial charge in [-0.25, -0.2) is 9.82 Å². The van der Waals surface area contributed by atoms with Crippen LogP contribution in [0.1, 0.15) is 33.9 Å². The number of carbonyl (C=O) groups excluding carboxylic acids is 1. The van der Waals surface area contributed by atoms with Crippen LogP contribution < -0.4 is 5.43 Å². The zero-order chi connectivity index (χ0) is 15.7. The largest absolute Gasteiger partial charge is 0.466 e. The van der Waals surface area contributed by atoms with Gasteiger partial charge in [0.25, 0.3) is 5.91 Å². The Bertz CT molecular complexity index is 768. The summed E-state index contributed by atoms with van der Waals surface area (Å²) < 4.78 is 18.8. The molecule has 2 aromatic rings. The van der Waals surface area contributed by atoms with Crippen molar-refractivity contribution in [2.24, 2.45) is 5.10 Å². The summed E-state index contributed by atoms with van der Waals surface area (Å²) in [6, 6.07) is 6.31. The van der Waals surface area contributed by atoms with Crippen molar-refractivity contribution in [3.63, 3.8) is 0 Å². The minimum absolute atomic E-state index is 0.304. The van der Waals surface area contributed by atoms with Crippen LogP contribution in [-0.2, 0) is 0 Å². The number of hydrazone groups is 1. The third kappa shape index (κ3) is 2.92. The van der Waals surface area contributed by atoms with Gasteiger partial charge in [-0.1, -0.05) is 0 Å². The maximum absolute atomic E-state index is 13.4. The summed E-state index contributed by atoms with van der Waals surface area (Å²) >= 11 is 1.66. The Morgan fingerprint density at radius 3 is 2.91 bits per heavy atom. The van der Waals surface area contributed by atoms with Gasteiger partial charge in [0, 0.05) is 22.6 Å². The average Bonchev–Trinajstić information content (AvgIpc) is 2.83. The predicted molar refractivity (Wildman–Crippen MR) is 83.9 cm³/mol. The van der Waals surface area contributed by atoms with Crippen LogP contribution in [0, 0.1) is 19.7 Å². The van der Waals surface area contributed by atoms with E-state index in [2.05, 4.69) is 10.5 Å². The molecule has 0 saturated heterocycles. The Balaban J connectivity index is 1.84. The van der Waals surface area contributed by atoms with Gasteiger partial charge in [-0.3, -0.25) is 4.79 Å². The van der Waals surface area contributed by atoms with Crippen molar-refractivity contribution in [2.75, 3.05) is 5.75 Å². The number of thioether (sulfide) groups is 1. The lowest BCUT2D eigenvalue weighted by Crippen LogP contribution is -2.22. The Kier molecular flexibility index (Phi) is 4.02. The molecule has 1 N–H and O–H groups in total. The first-order valence-corrected chi connectivity index (χ1v) is 7.90. The summed E-state index contributed by atoms with van der Waals surface area (Å²) in [5.74, 6) is 1.47. The van der Waals surface area contributed by atoms with Gasteiger partial charge in [0.1, 0.15) is 17.3 Å². The third-order valence-electron chi connectivity index (χ3n) is 3.43. The molecule has 0 radical (unpaired) electrons. The van der Waals surface area contributed by atoms with Crippen molar-refractivity contribution in [1.29, 1.82) is 0 Å². The Morgan fingerprint density at radius 1 is 1.36 bits per heavy atom. The van der Waals surface area contributed by atoms with Crippen LogP contribution in [0.3, 0.4) is 0 Å². The smallest absolute Gasteiger partial charge is 0.274 e. The van der Waals surface area contributed by atoms with Gasteiger partial charge in [-0.2, -0.15) is 5.10 Å². The molecule has 0 saturated carbocycles. The number of furan rings is 1. The van der Waals surface area contributed by atoms with E-state index >= 15 is 0 Å². The first kappa shape index (κ1) is 14.8. The molecule has 114 valence electrons. The lowest BCUT2D eigenvalue weighted by molar-refractivity contribution is 0.0953. The molecule has 1 aromatic carbocycles. The summed E-state index contributed by atoms with van der Waals surface area (Å²) in [4.78, 5) is 13.1. The maximum atomic E-state index is 13.4. The monoisotopic (exact) mass is 318 g/mol. The molecule has 6 heteroatoms. The number of halogens is 1. The fourth-order valence-corrected chi connectivity index (χ4v) is 3.41. The molecule has 1 aliphatic heterocycles. The number of hydrogen-bond donors (Lipinski definition) is 1. The number of benzene rings is 1. The molecular weight excluding hydrogens is 303 g/mol. The van der Waals surface area contributed by atoms with Crippen LogP contribution in [0.5, 0.6) is 0 Å². The predicted octanol–water partition coefficient (Wildman–Crippen LogP) is 3.67. The first-order valence-electron chi connectivity index (χ1n) is 6.91. The van der Waals surface area contributed by atoms with Gasteiger partial charge in [-0.15, -0.1) is 11.8 Å². The van der Waals surface area contributed by atoms with Gasteiger partial charge in [0.05, 0.1) is 11.3 Å². The molecule has 0 unspecified atom stereocenters. The molecular formula is C16H15FN2O2S. The molecule has 1 amide bonds. The van der Waals surface area contributed by atoms with Crippen LogP contribution in [0.2, 0.25) is 0 Å². The highest BCUT2D eigenvalue weighted by Crippen LogP contribution is 2.30. The number of aryl methyl sites for hydroxylation is 2. The molecule has 0 bridgehead atoms. The number of carbonyl (C=O) groups is 1. The zero-order valence-electron chi connectivity index (χ0n) is 12.3. The van der Waals surface area contributed by atoms with E-state index in [1.807, 2.05) is 0 Å². The normalized spacial score (nSPS) is 15.7. The third-order valence-corrected chi connectivity index (χ3v) is 4.50.